The number of hydrogen-bond donors (Lipinski definition) is 1. The van der Waals surface area contributed by atoms with Gasteiger partial charge in [-0.25, -0.2) is 9.18 Å². The normalized spacial score (nSPS) is 19.2. The summed E-state index contributed by atoms with van der Waals surface area (Å²) in [6.07, 6.45) is 0.892. The summed E-state index contributed by atoms with van der Waals surface area (Å²) in [7, 11) is 0. The SMILES string of the molecule is Nc1ccc(C(=O)OCC2CCOC2)cc1F. The van der Waals surface area contributed by atoms with E-state index >= 15 is 0 Å². The second-order valence-electron chi connectivity index (χ2n) is 4.06. The summed E-state index contributed by atoms with van der Waals surface area (Å²) < 4.78 is 23.4. The van der Waals surface area contributed by atoms with Crippen molar-refractivity contribution in [2.24, 2.45) is 5.92 Å². The van der Waals surface area contributed by atoms with Crippen LogP contribution in [0.3, 0.4) is 0 Å². The lowest BCUT2D eigenvalue weighted by atomic mass is 10.1. The number of benzene rings is 1. The molecule has 0 bridgehead atoms. The van der Waals surface area contributed by atoms with Crippen LogP contribution in [0.4, 0.5) is 10.1 Å². The summed E-state index contributed by atoms with van der Waals surface area (Å²) >= 11 is 0. The number of hydrogen-bond acceptors (Lipinski definition) is 4. The predicted molar refractivity (Wildman–Crippen MR) is 60.0 cm³/mol. The van der Waals surface area contributed by atoms with E-state index in [0.717, 1.165) is 12.5 Å². The minimum Gasteiger partial charge on any atom is -0.462 e. The van der Waals surface area contributed by atoms with Crippen LogP contribution >= 0.6 is 0 Å². The molecule has 1 heterocycles. The van der Waals surface area contributed by atoms with Gasteiger partial charge >= 0.3 is 5.97 Å². The molecule has 4 nitrogen and oxygen atoms in total. The molecule has 2 rings (SSSR count). The van der Waals surface area contributed by atoms with E-state index in [1.807, 2.05) is 0 Å². The monoisotopic (exact) mass is 239 g/mol. The number of ether oxygens (including phenoxy) is 2. The molecule has 0 spiro atoms. The molecule has 0 amide bonds. The predicted octanol–water partition coefficient (Wildman–Crippen LogP) is 1.60. The lowest BCUT2D eigenvalue weighted by Gasteiger charge is -2.09. The first-order chi connectivity index (χ1) is 8.16. The maximum Gasteiger partial charge on any atom is 0.338 e. The zero-order chi connectivity index (χ0) is 12.3. The van der Waals surface area contributed by atoms with Gasteiger partial charge < -0.3 is 15.2 Å². The van der Waals surface area contributed by atoms with Crippen molar-refractivity contribution < 1.29 is 18.7 Å². The van der Waals surface area contributed by atoms with E-state index in [1.54, 1.807) is 0 Å². The van der Waals surface area contributed by atoms with Gasteiger partial charge in [0.05, 0.1) is 24.5 Å². The maximum absolute atomic E-state index is 13.1. The number of nitrogens with two attached hydrogens (primary N) is 1. The van der Waals surface area contributed by atoms with Gasteiger partial charge in [-0.2, -0.15) is 0 Å². The quantitative estimate of drug-likeness (QED) is 0.643. The van der Waals surface area contributed by atoms with Crippen molar-refractivity contribution in [2.45, 2.75) is 6.42 Å². The molecule has 1 fully saturated rings. The molecule has 1 saturated heterocycles. The maximum atomic E-state index is 13.1. The van der Waals surface area contributed by atoms with E-state index in [-0.39, 0.29) is 17.2 Å². The molecule has 0 aromatic heterocycles. The highest BCUT2D eigenvalue weighted by atomic mass is 19.1. The Morgan fingerprint density at radius 2 is 2.41 bits per heavy atom. The van der Waals surface area contributed by atoms with E-state index in [4.69, 9.17) is 15.2 Å². The zero-order valence-corrected chi connectivity index (χ0v) is 9.32. The Labute approximate surface area is 98.5 Å². The Morgan fingerprint density at radius 3 is 3.06 bits per heavy atom. The van der Waals surface area contributed by atoms with Gasteiger partial charge in [0.2, 0.25) is 0 Å². The molecule has 1 aliphatic rings. The van der Waals surface area contributed by atoms with Crippen molar-refractivity contribution in [3.8, 4) is 0 Å². The van der Waals surface area contributed by atoms with E-state index in [0.29, 0.717) is 19.8 Å². The first-order valence-electron chi connectivity index (χ1n) is 5.46. The summed E-state index contributed by atoms with van der Waals surface area (Å²) in [4.78, 5) is 11.6. The second-order valence-corrected chi connectivity index (χ2v) is 4.06. The van der Waals surface area contributed by atoms with Crippen molar-refractivity contribution in [1.82, 2.24) is 0 Å². The van der Waals surface area contributed by atoms with Crippen LogP contribution in [0, 0.1) is 11.7 Å². The minimum absolute atomic E-state index is 0.0192. The second kappa shape index (κ2) is 5.14. The van der Waals surface area contributed by atoms with Gasteiger partial charge in [0.1, 0.15) is 5.82 Å². The van der Waals surface area contributed by atoms with Gasteiger partial charge in [-0.05, 0) is 24.6 Å². The molecule has 1 aliphatic heterocycles. The summed E-state index contributed by atoms with van der Waals surface area (Å²) in [6, 6.07) is 3.89. The van der Waals surface area contributed by atoms with Crippen LogP contribution in [-0.4, -0.2) is 25.8 Å². The van der Waals surface area contributed by atoms with Crippen molar-refractivity contribution in [2.75, 3.05) is 25.6 Å². The number of esters is 1. The average molecular weight is 239 g/mol. The number of carbonyl (C=O) groups is 1. The lowest BCUT2D eigenvalue weighted by Crippen LogP contribution is -2.14. The van der Waals surface area contributed by atoms with Crippen LogP contribution in [0.15, 0.2) is 18.2 Å². The average Bonchev–Trinajstić information content (AvgIpc) is 2.82. The largest absolute Gasteiger partial charge is 0.462 e. The third-order valence-electron chi connectivity index (χ3n) is 2.71. The fourth-order valence-corrected chi connectivity index (χ4v) is 1.65. The summed E-state index contributed by atoms with van der Waals surface area (Å²) in [5, 5.41) is 0. The Balaban J connectivity index is 1.92. The van der Waals surface area contributed by atoms with Crippen LogP contribution in [0.1, 0.15) is 16.8 Å². The highest BCUT2D eigenvalue weighted by Gasteiger charge is 2.18. The number of rotatable bonds is 3. The number of halogens is 1. The Hall–Kier alpha value is -1.62. The Kier molecular flexibility index (Phi) is 3.58. The van der Waals surface area contributed by atoms with Gasteiger partial charge in [0, 0.05) is 12.5 Å². The fourth-order valence-electron chi connectivity index (χ4n) is 1.65. The highest BCUT2D eigenvalue weighted by Crippen LogP contribution is 2.15. The molecular weight excluding hydrogens is 225 g/mol. The molecule has 2 N–H and O–H groups in total. The molecule has 0 saturated carbocycles. The van der Waals surface area contributed by atoms with E-state index in [2.05, 4.69) is 0 Å². The van der Waals surface area contributed by atoms with Gasteiger partial charge in [0.25, 0.3) is 0 Å². The van der Waals surface area contributed by atoms with Gasteiger partial charge in [0.15, 0.2) is 0 Å². The molecule has 0 aliphatic carbocycles. The first kappa shape index (κ1) is 11.9. The molecule has 17 heavy (non-hydrogen) atoms. The van der Waals surface area contributed by atoms with Crippen molar-refractivity contribution >= 4 is 11.7 Å². The van der Waals surface area contributed by atoms with Gasteiger partial charge in [-0.3, -0.25) is 0 Å². The van der Waals surface area contributed by atoms with Crippen molar-refractivity contribution in [3.05, 3.63) is 29.6 Å². The van der Waals surface area contributed by atoms with E-state index in [1.165, 1.54) is 12.1 Å². The zero-order valence-electron chi connectivity index (χ0n) is 9.32. The van der Waals surface area contributed by atoms with Crippen LogP contribution in [0.2, 0.25) is 0 Å². The standard InChI is InChI=1S/C12H14FNO3/c13-10-5-9(1-2-11(10)14)12(15)17-7-8-3-4-16-6-8/h1-2,5,8H,3-4,6-7,14H2. The van der Waals surface area contributed by atoms with Gasteiger partial charge in [-0.15, -0.1) is 0 Å². The third-order valence-corrected chi connectivity index (χ3v) is 2.71. The third kappa shape index (κ3) is 2.94. The molecule has 1 aromatic rings. The number of carbonyl (C=O) groups excluding carboxylic acids is 1. The van der Waals surface area contributed by atoms with E-state index < -0.39 is 11.8 Å². The highest BCUT2D eigenvalue weighted by molar-refractivity contribution is 5.89. The molecule has 1 aromatic carbocycles. The smallest absolute Gasteiger partial charge is 0.338 e. The first-order valence-corrected chi connectivity index (χ1v) is 5.46. The Bertz CT molecular complexity index is 416. The van der Waals surface area contributed by atoms with Gasteiger partial charge in [-0.1, -0.05) is 0 Å². The summed E-state index contributed by atoms with van der Waals surface area (Å²) in [5.74, 6) is -0.892. The topological polar surface area (TPSA) is 61.6 Å². The van der Waals surface area contributed by atoms with Crippen LogP contribution in [-0.2, 0) is 9.47 Å². The molecule has 92 valence electrons. The molecular formula is C12H14FNO3. The van der Waals surface area contributed by atoms with Crippen molar-refractivity contribution in [1.29, 1.82) is 0 Å². The Morgan fingerprint density at radius 1 is 1.59 bits per heavy atom. The number of anilines is 1. The van der Waals surface area contributed by atoms with Crippen LogP contribution in [0.25, 0.3) is 0 Å². The minimum atomic E-state index is -0.608. The van der Waals surface area contributed by atoms with E-state index in [9.17, 15) is 9.18 Å². The lowest BCUT2D eigenvalue weighted by molar-refractivity contribution is 0.0427. The fraction of sp³-hybridized carbons (Fsp3) is 0.417. The summed E-state index contributed by atoms with van der Waals surface area (Å²) in [5.41, 5.74) is 5.51. The van der Waals surface area contributed by atoms with Crippen LogP contribution < -0.4 is 5.73 Å². The molecule has 1 unspecified atom stereocenters. The molecule has 1 atom stereocenters. The molecule has 5 heteroatoms. The molecule has 0 radical (unpaired) electrons. The van der Waals surface area contributed by atoms with Crippen LogP contribution in [0.5, 0.6) is 0 Å². The summed E-state index contributed by atoms with van der Waals surface area (Å²) in [6.45, 7) is 1.63. The number of nitrogen functional groups attached to an aromatic ring is 1. The van der Waals surface area contributed by atoms with Crippen molar-refractivity contribution in [3.63, 3.8) is 0 Å².